The van der Waals surface area contributed by atoms with Gasteiger partial charge in [-0.3, -0.25) is 14.9 Å². The molecule has 3 nitrogen and oxygen atoms in total. The number of carbonyl (C=O) groups excluding carboxylic acids is 2. The summed E-state index contributed by atoms with van der Waals surface area (Å²) >= 11 is 0. The SMILES string of the molecule is CCCCC/C=C\C/C=C\CCCCCCCCc1cccc2c1C(=O)NC2=O. The van der Waals surface area contributed by atoms with E-state index >= 15 is 0 Å². The number of nitrogens with one attached hydrogen (secondary N) is 1. The fourth-order valence-electron chi connectivity index (χ4n) is 3.80. The summed E-state index contributed by atoms with van der Waals surface area (Å²) in [5.74, 6) is -0.496. The van der Waals surface area contributed by atoms with Gasteiger partial charge in [-0.2, -0.15) is 0 Å². The molecule has 0 aromatic heterocycles. The largest absolute Gasteiger partial charge is 0.288 e. The number of rotatable bonds is 15. The minimum absolute atomic E-state index is 0.236. The first kappa shape index (κ1) is 23.1. The zero-order valence-corrected chi connectivity index (χ0v) is 18.1. The number of amides is 2. The summed E-state index contributed by atoms with van der Waals surface area (Å²) in [5, 5.41) is 2.39. The van der Waals surface area contributed by atoms with Crippen LogP contribution in [-0.2, 0) is 6.42 Å². The molecule has 158 valence electrons. The predicted molar refractivity (Wildman–Crippen MR) is 121 cm³/mol. The fourth-order valence-corrected chi connectivity index (χ4v) is 3.80. The second-order valence-electron chi connectivity index (χ2n) is 7.96. The maximum absolute atomic E-state index is 11.9. The van der Waals surface area contributed by atoms with Gasteiger partial charge in [0.25, 0.3) is 11.8 Å². The van der Waals surface area contributed by atoms with Gasteiger partial charge in [0.05, 0.1) is 11.1 Å². The number of hydrogen-bond acceptors (Lipinski definition) is 2. The first-order valence-electron chi connectivity index (χ1n) is 11.5. The normalized spacial score (nSPS) is 13.6. The minimum atomic E-state index is -0.260. The zero-order chi connectivity index (χ0) is 20.7. The van der Waals surface area contributed by atoms with E-state index in [-0.39, 0.29) is 11.8 Å². The van der Waals surface area contributed by atoms with Crippen molar-refractivity contribution >= 4 is 11.8 Å². The van der Waals surface area contributed by atoms with Gasteiger partial charge in [-0.05, 0) is 56.6 Å². The van der Waals surface area contributed by atoms with Crippen LogP contribution in [0.1, 0.15) is 110 Å². The monoisotopic (exact) mass is 395 g/mol. The maximum Gasteiger partial charge on any atom is 0.259 e. The third-order valence-corrected chi connectivity index (χ3v) is 5.50. The molecule has 29 heavy (non-hydrogen) atoms. The molecule has 1 aromatic carbocycles. The van der Waals surface area contributed by atoms with Crippen molar-refractivity contribution < 1.29 is 9.59 Å². The smallest absolute Gasteiger partial charge is 0.259 e. The van der Waals surface area contributed by atoms with E-state index in [0.717, 1.165) is 24.8 Å². The quantitative estimate of drug-likeness (QED) is 0.199. The lowest BCUT2D eigenvalue weighted by molar-refractivity contribution is 0.0879. The Labute approximate surface area is 176 Å². The summed E-state index contributed by atoms with van der Waals surface area (Å²) in [6.07, 6.45) is 24.8. The molecule has 0 radical (unpaired) electrons. The van der Waals surface area contributed by atoms with Gasteiger partial charge in [0.1, 0.15) is 0 Å². The highest BCUT2D eigenvalue weighted by atomic mass is 16.2. The fraction of sp³-hybridized carbons (Fsp3) is 0.538. The van der Waals surface area contributed by atoms with Crippen molar-refractivity contribution in [2.75, 3.05) is 0 Å². The minimum Gasteiger partial charge on any atom is -0.288 e. The zero-order valence-electron chi connectivity index (χ0n) is 18.1. The van der Waals surface area contributed by atoms with Gasteiger partial charge < -0.3 is 0 Å². The molecule has 0 unspecified atom stereocenters. The molecule has 1 aliphatic rings. The van der Waals surface area contributed by atoms with Crippen molar-refractivity contribution in [3.8, 4) is 0 Å². The van der Waals surface area contributed by atoms with Gasteiger partial charge in [0.2, 0.25) is 0 Å². The molecule has 2 amide bonds. The molecule has 1 aromatic rings. The summed E-state index contributed by atoms with van der Waals surface area (Å²) in [6, 6.07) is 5.59. The van der Waals surface area contributed by atoms with Crippen molar-refractivity contribution in [2.24, 2.45) is 0 Å². The Morgan fingerprint density at radius 2 is 1.41 bits per heavy atom. The molecule has 0 aliphatic carbocycles. The Morgan fingerprint density at radius 3 is 2.14 bits per heavy atom. The highest BCUT2D eigenvalue weighted by Gasteiger charge is 2.28. The van der Waals surface area contributed by atoms with Crippen LogP contribution in [0.4, 0.5) is 0 Å². The Balaban J connectivity index is 1.47. The van der Waals surface area contributed by atoms with Crippen LogP contribution in [0.25, 0.3) is 0 Å². The number of imide groups is 1. The summed E-state index contributed by atoms with van der Waals surface area (Å²) in [7, 11) is 0. The van der Waals surface area contributed by atoms with E-state index in [9.17, 15) is 9.59 Å². The average molecular weight is 396 g/mol. The lowest BCUT2D eigenvalue weighted by atomic mass is 9.97. The van der Waals surface area contributed by atoms with E-state index in [1.165, 1.54) is 64.2 Å². The van der Waals surface area contributed by atoms with E-state index < -0.39 is 0 Å². The van der Waals surface area contributed by atoms with Crippen LogP contribution in [0.5, 0.6) is 0 Å². The van der Waals surface area contributed by atoms with E-state index in [2.05, 4.69) is 36.5 Å². The van der Waals surface area contributed by atoms with Gasteiger partial charge >= 0.3 is 0 Å². The molecule has 1 heterocycles. The van der Waals surface area contributed by atoms with Gasteiger partial charge in [-0.15, -0.1) is 0 Å². The van der Waals surface area contributed by atoms with Crippen LogP contribution in [-0.4, -0.2) is 11.8 Å². The second kappa shape index (κ2) is 13.9. The van der Waals surface area contributed by atoms with E-state index in [4.69, 9.17) is 0 Å². The molecular weight excluding hydrogens is 358 g/mol. The summed E-state index contributed by atoms with van der Waals surface area (Å²) in [5.41, 5.74) is 2.14. The second-order valence-corrected chi connectivity index (χ2v) is 7.96. The van der Waals surface area contributed by atoms with Crippen molar-refractivity contribution in [3.05, 3.63) is 59.2 Å². The molecule has 0 saturated carbocycles. The lowest BCUT2D eigenvalue weighted by Crippen LogP contribution is -2.20. The van der Waals surface area contributed by atoms with Gasteiger partial charge in [0, 0.05) is 0 Å². The molecular formula is C26H37NO2. The molecule has 3 heteroatoms. The van der Waals surface area contributed by atoms with Crippen molar-refractivity contribution in [3.63, 3.8) is 0 Å². The molecule has 0 fully saturated rings. The van der Waals surface area contributed by atoms with Crippen molar-refractivity contribution in [2.45, 2.75) is 90.4 Å². The number of benzene rings is 1. The molecule has 0 atom stereocenters. The number of aryl methyl sites for hydroxylation is 1. The Hall–Kier alpha value is -2.16. The number of carbonyl (C=O) groups is 2. The Morgan fingerprint density at radius 1 is 0.759 bits per heavy atom. The maximum atomic E-state index is 11.9. The lowest BCUT2D eigenvalue weighted by Gasteiger charge is -2.06. The molecule has 2 rings (SSSR count). The first-order valence-corrected chi connectivity index (χ1v) is 11.5. The number of hydrogen-bond donors (Lipinski definition) is 1. The van der Waals surface area contributed by atoms with Crippen LogP contribution >= 0.6 is 0 Å². The van der Waals surface area contributed by atoms with Crippen molar-refractivity contribution in [1.82, 2.24) is 5.32 Å². The molecule has 0 spiro atoms. The summed E-state index contributed by atoms with van der Waals surface area (Å²) < 4.78 is 0. The molecule has 0 saturated heterocycles. The van der Waals surface area contributed by atoms with Crippen LogP contribution < -0.4 is 5.32 Å². The molecule has 1 aliphatic heterocycles. The van der Waals surface area contributed by atoms with E-state index in [0.29, 0.717) is 11.1 Å². The van der Waals surface area contributed by atoms with Crippen LogP contribution in [0.2, 0.25) is 0 Å². The Kier molecular flexibility index (Phi) is 11.1. The third kappa shape index (κ3) is 8.39. The third-order valence-electron chi connectivity index (χ3n) is 5.50. The first-order chi connectivity index (χ1) is 14.2. The predicted octanol–water partition coefficient (Wildman–Crippen LogP) is 6.93. The van der Waals surface area contributed by atoms with Crippen LogP contribution in [0.3, 0.4) is 0 Å². The topological polar surface area (TPSA) is 46.2 Å². The van der Waals surface area contributed by atoms with E-state index in [1.54, 1.807) is 6.07 Å². The molecule has 1 N–H and O–H groups in total. The summed E-state index contributed by atoms with van der Waals surface area (Å²) in [6.45, 7) is 2.24. The standard InChI is InChI=1S/C26H37NO2/c1-2-3-4-5-6-7-8-9-10-11-12-13-14-15-16-17-19-22-20-18-21-23-24(22)26(29)27-25(23)28/h6-7,9-10,18,20-21H,2-5,8,11-17,19H2,1H3,(H,27,28,29)/b7-6-,10-9-. The van der Waals surface area contributed by atoms with Gasteiger partial charge in [-0.25, -0.2) is 0 Å². The van der Waals surface area contributed by atoms with E-state index in [1.807, 2.05) is 12.1 Å². The summed E-state index contributed by atoms with van der Waals surface area (Å²) in [4.78, 5) is 23.6. The van der Waals surface area contributed by atoms with Gasteiger partial charge in [-0.1, -0.05) is 81.9 Å². The van der Waals surface area contributed by atoms with Gasteiger partial charge in [0.15, 0.2) is 0 Å². The van der Waals surface area contributed by atoms with Crippen LogP contribution in [0.15, 0.2) is 42.5 Å². The highest BCUT2D eigenvalue weighted by molar-refractivity contribution is 6.22. The van der Waals surface area contributed by atoms with Crippen molar-refractivity contribution in [1.29, 1.82) is 0 Å². The molecule has 0 bridgehead atoms. The highest BCUT2D eigenvalue weighted by Crippen LogP contribution is 2.22. The average Bonchev–Trinajstić information content (AvgIpc) is 3.02. The Bertz CT molecular complexity index is 703. The number of fused-ring (bicyclic) bond motifs is 1. The number of allylic oxidation sites excluding steroid dienone is 4. The number of unbranched alkanes of at least 4 members (excludes halogenated alkanes) is 9. The van der Waals surface area contributed by atoms with Crippen LogP contribution in [0, 0.1) is 0 Å².